The molecule has 128 valence electrons. The fraction of sp³-hybridized carbons (Fsp3) is 0.167. The van der Waals surface area contributed by atoms with Gasteiger partial charge in [-0.2, -0.15) is 5.11 Å². The van der Waals surface area contributed by atoms with Gasteiger partial charge in [0.1, 0.15) is 0 Å². The largest absolute Gasteiger partial charge is 0.493 e. The molecule has 0 aliphatic rings. The number of nitrogens with zero attached hydrogens (tertiary/aromatic N) is 2. The molecule has 0 aliphatic carbocycles. The standard InChI is InChI=1S/C18H18N4O3/c1-11-6-4-5-7-13(11)19-21-17-16(20-22-18(17)23)12-8-9-14(24-2)15(10-12)25-3/h4-10H,1-3H3,(H2,20,22,23). The van der Waals surface area contributed by atoms with E-state index in [1.807, 2.05) is 37.3 Å². The van der Waals surface area contributed by atoms with Crippen molar-refractivity contribution < 1.29 is 9.47 Å². The van der Waals surface area contributed by atoms with E-state index < -0.39 is 0 Å². The van der Waals surface area contributed by atoms with Crippen LogP contribution in [0.2, 0.25) is 0 Å². The summed E-state index contributed by atoms with van der Waals surface area (Å²) in [5.74, 6) is 1.16. The van der Waals surface area contributed by atoms with Gasteiger partial charge in [0.15, 0.2) is 17.2 Å². The minimum absolute atomic E-state index is 0.204. The Labute approximate surface area is 144 Å². The van der Waals surface area contributed by atoms with Gasteiger partial charge in [-0.05, 0) is 36.8 Å². The van der Waals surface area contributed by atoms with Crippen LogP contribution in [0.1, 0.15) is 5.56 Å². The third kappa shape index (κ3) is 3.30. The number of aromatic nitrogens is 2. The zero-order valence-corrected chi connectivity index (χ0v) is 14.2. The average molecular weight is 338 g/mol. The summed E-state index contributed by atoms with van der Waals surface area (Å²) in [6, 6.07) is 12.9. The molecule has 0 fully saturated rings. The van der Waals surface area contributed by atoms with E-state index in [1.54, 1.807) is 26.4 Å². The molecule has 0 amide bonds. The molecule has 0 unspecified atom stereocenters. The molecule has 3 rings (SSSR count). The molecule has 1 aromatic heterocycles. The van der Waals surface area contributed by atoms with Crippen LogP contribution in [0.15, 0.2) is 57.5 Å². The Morgan fingerprint density at radius 1 is 0.920 bits per heavy atom. The van der Waals surface area contributed by atoms with Gasteiger partial charge < -0.3 is 9.47 Å². The second kappa shape index (κ2) is 7.04. The Morgan fingerprint density at radius 3 is 2.40 bits per heavy atom. The molecular weight excluding hydrogens is 320 g/mol. The van der Waals surface area contributed by atoms with E-state index in [4.69, 9.17) is 9.47 Å². The molecule has 7 nitrogen and oxygen atoms in total. The summed E-state index contributed by atoms with van der Waals surface area (Å²) in [4.78, 5) is 12.1. The van der Waals surface area contributed by atoms with Crippen LogP contribution < -0.4 is 15.0 Å². The molecule has 0 spiro atoms. The minimum atomic E-state index is -0.345. The Bertz CT molecular complexity index is 972. The number of H-pyrrole nitrogens is 2. The monoisotopic (exact) mass is 338 g/mol. The molecule has 0 aliphatic heterocycles. The maximum atomic E-state index is 12.1. The summed E-state index contributed by atoms with van der Waals surface area (Å²) >= 11 is 0. The molecule has 1 heterocycles. The van der Waals surface area contributed by atoms with E-state index in [9.17, 15) is 4.79 Å². The van der Waals surface area contributed by atoms with Crippen molar-refractivity contribution in [3.05, 3.63) is 58.4 Å². The van der Waals surface area contributed by atoms with Gasteiger partial charge in [-0.3, -0.25) is 15.0 Å². The van der Waals surface area contributed by atoms with Gasteiger partial charge in [-0.1, -0.05) is 18.2 Å². The summed E-state index contributed by atoms with van der Waals surface area (Å²) in [6.07, 6.45) is 0. The van der Waals surface area contributed by atoms with Crippen LogP contribution in [0.4, 0.5) is 11.4 Å². The van der Waals surface area contributed by atoms with E-state index in [0.29, 0.717) is 22.9 Å². The van der Waals surface area contributed by atoms with Crippen LogP contribution in [-0.4, -0.2) is 24.4 Å². The predicted octanol–water partition coefficient (Wildman–Crippen LogP) is 4.11. The number of azo groups is 1. The molecule has 7 heteroatoms. The first-order valence-corrected chi connectivity index (χ1v) is 7.64. The maximum absolute atomic E-state index is 12.1. The molecule has 0 saturated carbocycles. The molecule has 3 aromatic rings. The number of methoxy groups -OCH3 is 2. The third-order valence-electron chi connectivity index (χ3n) is 3.80. The van der Waals surface area contributed by atoms with Gasteiger partial charge in [-0.25, -0.2) is 0 Å². The van der Waals surface area contributed by atoms with Gasteiger partial charge in [0, 0.05) is 5.56 Å². The maximum Gasteiger partial charge on any atom is 0.292 e. The zero-order chi connectivity index (χ0) is 17.8. The van der Waals surface area contributed by atoms with Crippen molar-refractivity contribution in [3.8, 4) is 22.8 Å². The van der Waals surface area contributed by atoms with Gasteiger partial charge in [0.25, 0.3) is 5.56 Å². The van der Waals surface area contributed by atoms with E-state index in [2.05, 4.69) is 20.4 Å². The highest BCUT2D eigenvalue weighted by molar-refractivity contribution is 5.73. The lowest BCUT2D eigenvalue weighted by Gasteiger charge is -2.08. The zero-order valence-electron chi connectivity index (χ0n) is 14.2. The van der Waals surface area contributed by atoms with Crippen LogP contribution in [0.3, 0.4) is 0 Å². The van der Waals surface area contributed by atoms with E-state index >= 15 is 0 Å². The SMILES string of the molecule is COc1ccc(-c2[nH][nH]c(=O)c2N=Nc2ccccc2C)cc1OC. The van der Waals surface area contributed by atoms with Crippen LogP contribution >= 0.6 is 0 Å². The number of rotatable bonds is 5. The van der Waals surface area contributed by atoms with Crippen molar-refractivity contribution in [2.45, 2.75) is 6.92 Å². The van der Waals surface area contributed by atoms with Crippen molar-refractivity contribution >= 4 is 11.4 Å². The van der Waals surface area contributed by atoms with Crippen LogP contribution in [-0.2, 0) is 0 Å². The molecule has 0 atom stereocenters. The molecule has 0 bridgehead atoms. The number of aryl methyl sites for hydroxylation is 1. The molecule has 0 radical (unpaired) electrons. The Morgan fingerprint density at radius 2 is 1.68 bits per heavy atom. The fourth-order valence-electron chi connectivity index (χ4n) is 2.43. The van der Waals surface area contributed by atoms with Crippen molar-refractivity contribution in [1.82, 2.24) is 10.2 Å². The number of benzene rings is 2. The highest BCUT2D eigenvalue weighted by atomic mass is 16.5. The van der Waals surface area contributed by atoms with E-state index in [1.165, 1.54) is 0 Å². The van der Waals surface area contributed by atoms with Crippen molar-refractivity contribution in [2.24, 2.45) is 10.2 Å². The topological polar surface area (TPSA) is 91.8 Å². The molecule has 25 heavy (non-hydrogen) atoms. The normalized spacial score (nSPS) is 11.0. The van der Waals surface area contributed by atoms with Gasteiger partial charge in [0.05, 0.1) is 25.6 Å². The third-order valence-corrected chi connectivity index (χ3v) is 3.80. The average Bonchev–Trinajstić information content (AvgIpc) is 3.01. The summed E-state index contributed by atoms with van der Waals surface area (Å²) in [5.41, 5.74) is 2.81. The lowest BCUT2D eigenvalue weighted by molar-refractivity contribution is 0.355. The second-order valence-electron chi connectivity index (χ2n) is 5.36. The van der Waals surface area contributed by atoms with Crippen molar-refractivity contribution in [2.75, 3.05) is 14.2 Å². The van der Waals surface area contributed by atoms with Gasteiger partial charge >= 0.3 is 0 Å². The Kier molecular flexibility index (Phi) is 4.65. The quantitative estimate of drug-likeness (QED) is 0.686. The lowest BCUT2D eigenvalue weighted by atomic mass is 10.1. The lowest BCUT2D eigenvalue weighted by Crippen LogP contribution is -1.96. The predicted molar refractivity (Wildman–Crippen MR) is 95.3 cm³/mol. The van der Waals surface area contributed by atoms with Gasteiger partial charge in [-0.15, -0.1) is 5.11 Å². The molecule has 2 aromatic carbocycles. The van der Waals surface area contributed by atoms with E-state index in [-0.39, 0.29) is 11.2 Å². The minimum Gasteiger partial charge on any atom is -0.493 e. The molecule has 0 saturated heterocycles. The number of nitrogens with one attached hydrogen (secondary N) is 2. The Hall–Kier alpha value is -3.35. The van der Waals surface area contributed by atoms with E-state index in [0.717, 1.165) is 11.1 Å². The van der Waals surface area contributed by atoms with Crippen LogP contribution in [0.5, 0.6) is 11.5 Å². The summed E-state index contributed by atoms with van der Waals surface area (Å²) < 4.78 is 10.5. The summed E-state index contributed by atoms with van der Waals surface area (Å²) in [5, 5.41) is 13.7. The summed E-state index contributed by atoms with van der Waals surface area (Å²) in [7, 11) is 3.12. The smallest absolute Gasteiger partial charge is 0.292 e. The van der Waals surface area contributed by atoms with Crippen molar-refractivity contribution in [3.63, 3.8) is 0 Å². The van der Waals surface area contributed by atoms with Gasteiger partial charge in [0.2, 0.25) is 0 Å². The second-order valence-corrected chi connectivity index (χ2v) is 5.36. The van der Waals surface area contributed by atoms with Crippen LogP contribution in [0, 0.1) is 6.92 Å². The fourth-order valence-corrected chi connectivity index (χ4v) is 2.43. The van der Waals surface area contributed by atoms with Crippen molar-refractivity contribution in [1.29, 1.82) is 0 Å². The number of hydrogen-bond donors (Lipinski definition) is 2. The highest BCUT2D eigenvalue weighted by Gasteiger charge is 2.14. The first-order chi connectivity index (χ1) is 12.1. The summed E-state index contributed by atoms with van der Waals surface area (Å²) in [6.45, 7) is 1.94. The number of hydrogen-bond acceptors (Lipinski definition) is 5. The number of ether oxygens (including phenoxy) is 2. The Balaban J connectivity index is 2.03. The molecular formula is C18H18N4O3. The first kappa shape index (κ1) is 16.5. The number of aromatic amines is 2. The first-order valence-electron chi connectivity index (χ1n) is 7.64. The van der Waals surface area contributed by atoms with Crippen LogP contribution in [0.25, 0.3) is 11.3 Å². The highest BCUT2D eigenvalue weighted by Crippen LogP contribution is 2.34. The molecule has 2 N–H and O–H groups in total.